The minimum atomic E-state index is -0.312. The number of hydrogen-bond donors (Lipinski definition) is 2. The number of aliphatic hydroxyl groups is 1. The molecule has 0 spiro atoms. The van der Waals surface area contributed by atoms with Crippen LogP contribution in [-0.4, -0.2) is 48.9 Å². The molecule has 0 saturated carbocycles. The van der Waals surface area contributed by atoms with E-state index < -0.39 is 0 Å². The fourth-order valence-electron chi connectivity index (χ4n) is 3.22. The molecule has 3 aromatic rings. The number of hydrogen-bond acceptors (Lipinski definition) is 6. The number of fused-ring (bicyclic) bond motifs is 1. The Morgan fingerprint density at radius 1 is 1.29 bits per heavy atom. The predicted octanol–water partition coefficient (Wildman–Crippen LogP) is 2.18. The quantitative estimate of drug-likeness (QED) is 0.759. The van der Waals surface area contributed by atoms with E-state index >= 15 is 0 Å². The summed E-state index contributed by atoms with van der Waals surface area (Å²) in [6, 6.07) is 6.13. The molecule has 1 aliphatic heterocycles. The number of rotatable bonds is 3. The molecule has 126 valence electrons. The average Bonchev–Trinajstić information content (AvgIpc) is 3.14. The maximum atomic E-state index is 13.8. The molecule has 1 atom stereocenters. The zero-order valence-electron chi connectivity index (χ0n) is 12.8. The van der Waals surface area contributed by atoms with Gasteiger partial charge in [-0.3, -0.25) is 4.90 Å². The van der Waals surface area contributed by atoms with Gasteiger partial charge in [0.05, 0.1) is 17.0 Å². The summed E-state index contributed by atoms with van der Waals surface area (Å²) < 4.78 is 15.2. The van der Waals surface area contributed by atoms with Crippen molar-refractivity contribution in [1.29, 1.82) is 0 Å². The number of thiazole rings is 1. The van der Waals surface area contributed by atoms with Gasteiger partial charge < -0.3 is 10.2 Å². The monoisotopic (exact) mass is 348 g/mol. The van der Waals surface area contributed by atoms with Gasteiger partial charge in [-0.1, -0.05) is 23.5 Å². The number of aromatic nitrogens is 3. The number of piperidine rings is 1. The van der Waals surface area contributed by atoms with Gasteiger partial charge in [0.15, 0.2) is 0 Å². The van der Waals surface area contributed by atoms with Crippen molar-refractivity contribution < 1.29 is 14.6 Å². The minimum absolute atomic E-state index is 0.0351. The van der Waals surface area contributed by atoms with E-state index in [9.17, 15) is 14.6 Å². The molecule has 24 heavy (non-hydrogen) atoms. The van der Waals surface area contributed by atoms with Gasteiger partial charge in [0, 0.05) is 13.1 Å². The van der Waals surface area contributed by atoms with Crippen LogP contribution in [0.2, 0.25) is 0 Å². The normalized spacial score (nSPS) is 18.2. The fourth-order valence-corrected chi connectivity index (χ4v) is 4.31. The zero-order valence-corrected chi connectivity index (χ0v) is 13.7. The van der Waals surface area contributed by atoms with Crippen LogP contribution in [0.1, 0.15) is 29.3 Å². The van der Waals surface area contributed by atoms with Gasteiger partial charge >= 0.3 is 0 Å². The first kappa shape index (κ1) is 15.5. The summed E-state index contributed by atoms with van der Waals surface area (Å²) >= 11 is 1.35. The SMILES string of the molecule is Oc1c(C(c2cccc(F)c2)N2CCC(O)CC2)sc2ncnn12. The second-order valence-corrected chi connectivity index (χ2v) is 6.98. The van der Waals surface area contributed by atoms with Crippen LogP contribution in [0.4, 0.5) is 4.39 Å². The van der Waals surface area contributed by atoms with Crippen molar-refractivity contribution in [1.82, 2.24) is 19.5 Å². The lowest BCUT2D eigenvalue weighted by Crippen LogP contribution is -2.38. The first-order valence-corrected chi connectivity index (χ1v) is 8.64. The van der Waals surface area contributed by atoms with E-state index in [-0.39, 0.29) is 23.8 Å². The standard InChI is InChI=1S/C16H17FN4O2S/c17-11-3-1-2-10(8-11)13(20-6-4-12(22)5-7-20)14-15(23)21-16(24-14)18-9-19-21/h1-3,8-9,12-13,22-23H,4-7H2. The second kappa shape index (κ2) is 6.12. The van der Waals surface area contributed by atoms with Crippen LogP contribution in [0.15, 0.2) is 30.6 Å². The molecule has 8 heteroatoms. The Balaban J connectivity index is 1.80. The number of aliphatic hydroxyl groups excluding tert-OH is 1. The Morgan fingerprint density at radius 2 is 2.08 bits per heavy atom. The molecule has 0 amide bonds. The topological polar surface area (TPSA) is 73.9 Å². The Hall–Kier alpha value is -2.03. The van der Waals surface area contributed by atoms with E-state index in [1.165, 1.54) is 34.3 Å². The van der Waals surface area contributed by atoms with Crippen molar-refractivity contribution in [2.24, 2.45) is 0 Å². The first-order chi connectivity index (χ1) is 11.6. The number of halogens is 1. The summed E-state index contributed by atoms with van der Waals surface area (Å²) in [4.78, 5) is 7.57. The predicted molar refractivity (Wildman–Crippen MR) is 87.6 cm³/mol. The van der Waals surface area contributed by atoms with Crippen LogP contribution in [0.5, 0.6) is 5.88 Å². The van der Waals surface area contributed by atoms with Crippen molar-refractivity contribution >= 4 is 16.3 Å². The van der Waals surface area contributed by atoms with Gasteiger partial charge in [-0.05, 0) is 30.5 Å². The Kier molecular flexibility index (Phi) is 3.95. The first-order valence-electron chi connectivity index (χ1n) is 7.82. The van der Waals surface area contributed by atoms with E-state index in [0.29, 0.717) is 35.8 Å². The molecule has 1 unspecified atom stereocenters. The van der Waals surface area contributed by atoms with Crippen LogP contribution < -0.4 is 0 Å². The van der Waals surface area contributed by atoms with Crippen molar-refractivity contribution in [3.05, 3.63) is 46.9 Å². The molecule has 2 aromatic heterocycles. The van der Waals surface area contributed by atoms with Crippen molar-refractivity contribution in [2.45, 2.75) is 25.0 Å². The Bertz CT molecular complexity index is 857. The maximum absolute atomic E-state index is 13.8. The highest BCUT2D eigenvalue weighted by atomic mass is 32.1. The molecule has 1 aliphatic rings. The summed E-state index contributed by atoms with van der Waals surface area (Å²) in [5, 5.41) is 24.4. The van der Waals surface area contributed by atoms with E-state index in [1.807, 2.05) is 6.07 Å². The number of likely N-dealkylation sites (tertiary alicyclic amines) is 1. The number of nitrogens with zero attached hydrogens (tertiary/aromatic N) is 4. The molecule has 0 aliphatic carbocycles. The van der Waals surface area contributed by atoms with Crippen molar-refractivity contribution in [3.63, 3.8) is 0 Å². The molecular formula is C16H17FN4O2S. The highest BCUT2D eigenvalue weighted by Gasteiger charge is 2.31. The van der Waals surface area contributed by atoms with Crippen LogP contribution >= 0.6 is 11.3 Å². The van der Waals surface area contributed by atoms with Crippen LogP contribution in [0.3, 0.4) is 0 Å². The third kappa shape index (κ3) is 2.66. The van der Waals surface area contributed by atoms with E-state index in [0.717, 1.165) is 5.56 Å². The highest BCUT2D eigenvalue weighted by Crippen LogP contribution is 2.40. The molecule has 1 fully saturated rings. The average molecular weight is 348 g/mol. The number of aromatic hydroxyl groups is 1. The summed E-state index contributed by atoms with van der Waals surface area (Å²) in [7, 11) is 0. The molecule has 1 saturated heterocycles. The lowest BCUT2D eigenvalue weighted by molar-refractivity contribution is 0.0689. The van der Waals surface area contributed by atoms with Gasteiger partial charge in [-0.15, -0.1) is 0 Å². The Morgan fingerprint density at radius 3 is 2.79 bits per heavy atom. The van der Waals surface area contributed by atoms with Crippen molar-refractivity contribution in [3.8, 4) is 5.88 Å². The van der Waals surface area contributed by atoms with Gasteiger partial charge in [0.25, 0.3) is 0 Å². The molecule has 6 nitrogen and oxygen atoms in total. The summed E-state index contributed by atoms with van der Waals surface area (Å²) in [6.07, 6.45) is 2.41. The maximum Gasteiger partial charge on any atom is 0.230 e. The van der Waals surface area contributed by atoms with E-state index in [2.05, 4.69) is 15.0 Å². The lowest BCUT2D eigenvalue weighted by Gasteiger charge is -2.36. The van der Waals surface area contributed by atoms with E-state index in [1.54, 1.807) is 6.07 Å². The van der Waals surface area contributed by atoms with E-state index in [4.69, 9.17) is 0 Å². The largest absolute Gasteiger partial charge is 0.492 e. The summed E-state index contributed by atoms with van der Waals surface area (Å²) in [5.41, 5.74) is 0.770. The number of benzene rings is 1. The molecule has 4 rings (SSSR count). The molecule has 2 N–H and O–H groups in total. The van der Waals surface area contributed by atoms with Gasteiger partial charge in [-0.25, -0.2) is 9.37 Å². The molecule has 3 heterocycles. The highest BCUT2D eigenvalue weighted by molar-refractivity contribution is 7.17. The fraction of sp³-hybridized carbons (Fsp3) is 0.375. The summed E-state index contributed by atoms with van der Waals surface area (Å²) in [6.45, 7) is 1.35. The van der Waals surface area contributed by atoms with Gasteiger partial charge in [0.2, 0.25) is 10.8 Å². The smallest absolute Gasteiger partial charge is 0.230 e. The minimum Gasteiger partial charge on any atom is -0.492 e. The molecular weight excluding hydrogens is 331 g/mol. The third-order valence-corrected chi connectivity index (χ3v) is 5.50. The second-order valence-electron chi connectivity index (χ2n) is 5.97. The molecule has 0 bridgehead atoms. The Labute approximate surface area is 141 Å². The van der Waals surface area contributed by atoms with Crippen LogP contribution in [0.25, 0.3) is 4.96 Å². The van der Waals surface area contributed by atoms with Gasteiger partial charge in [0.1, 0.15) is 12.1 Å². The van der Waals surface area contributed by atoms with Crippen LogP contribution in [0, 0.1) is 5.82 Å². The zero-order chi connectivity index (χ0) is 16.7. The molecule has 1 aromatic carbocycles. The van der Waals surface area contributed by atoms with Crippen molar-refractivity contribution in [2.75, 3.05) is 13.1 Å². The molecule has 0 radical (unpaired) electrons. The van der Waals surface area contributed by atoms with Crippen LogP contribution in [-0.2, 0) is 0 Å². The van der Waals surface area contributed by atoms with Gasteiger partial charge in [-0.2, -0.15) is 9.61 Å². The third-order valence-electron chi connectivity index (χ3n) is 4.42. The summed E-state index contributed by atoms with van der Waals surface area (Å²) in [5.74, 6) is -0.277. The lowest BCUT2D eigenvalue weighted by atomic mass is 9.99.